The van der Waals surface area contributed by atoms with Gasteiger partial charge in [-0.05, 0) is 61.8 Å². The Morgan fingerprint density at radius 2 is 1.83 bits per heavy atom. The van der Waals surface area contributed by atoms with Crippen molar-refractivity contribution >= 4 is 41.7 Å². The zero-order valence-corrected chi connectivity index (χ0v) is 16.1. The van der Waals surface area contributed by atoms with Gasteiger partial charge in [-0.2, -0.15) is 0 Å². The number of hydrogen-bond donors (Lipinski definition) is 2. The summed E-state index contributed by atoms with van der Waals surface area (Å²) < 4.78 is 0. The number of benzene rings is 1. The number of carbonyl (C=O) groups is 1. The standard InChI is InChI=1S/C18H25ClN2OS.ClH/c19-15-4-6-16(7-5-15)23-9-8-21-18(22)14-10-12-2-1-3-13(11-14)17(12)20;/h4-7,12-14,17H,1-3,8-11,20H2,(H,21,22);1H. The molecule has 0 heterocycles. The smallest absolute Gasteiger partial charge is 0.223 e. The molecule has 134 valence electrons. The van der Waals surface area contributed by atoms with Crippen molar-refractivity contribution in [2.75, 3.05) is 12.3 Å². The molecule has 2 aliphatic carbocycles. The van der Waals surface area contributed by atoms with E-state index < -0.39 is 0 Å². The van der Waals surface area contributed by atoms with Crippen molar-refractivity contribution in [1.82, 2.24) is 5.32 Å². The number of carbonyl (C=O) groups excluding carboxylic acids is 1. The summed E-state index contributed by atoms with van der Waals surface area (Å²) in [5.41, 5.74) is 6.30. The molecule has 3 rings (SSSR count). The molecule has 2 saturated carbocycles. The Balaban J connectivity index is 0.00000208. The van der Waals surface area contributed by atoms with E-state index >= 15 is 0 Å². The van der Waals surface area contributed by atoms with Gasteiger partial charge < -0.3 is 11.1 Å². The third-order valence-corrected chi connectivity index (χ3v) is 6.53. The second kappa shape index (κ2) is 9.33. The molecule has 3 nitrogen and oxygen atoms in total. The summed E-state index contributed by atoms with van der Waals surface area (Å²) in [7, 11) is 0. The fourth-order valence-electron chi connectivity index (χ4n) is 4.02. The minimum absolute atomic E-state index is 0. The SMILES string of the molecule is Cl.NC1C2CCCC1CC(C(=O)NCCSc1ccc(Cl)cc1)C2. The Bertz CT molecular complexity index is 526. The van der Waals surface area contributed by atoms with Gasteiger partial charge in [0.05, 0.1) is 0 Å². The van der Waals surface area contributed by atoms with Gasteiger partial charge in [0.25, 0.3) is 0 Å². The second-order valence-corrected chi connectivity index (χ2v) is 8.39. The molecule has 2 bridgehead atoms. The number of amides is 1. The summed E-state index contributed by atoms with van der Waals surface area (Å²) >= 11 is 7.62. The first-order valence-electron chi connectivity index (χ1n) is 8.55. The van der Waals surface area contributed by atoms with Crippen LogP contribution < -0.4 is 11.1 Å². The molecular weight excluding hydrogens is 363 g/mol. The Hall–Kier alpha value is -0.420. The predicted molar refractivity (Wildman–Crippen MR) is 104 cm³/mol. The average molecular weight is 389 g/mol. The number of fused-ring (bicyclic) bond motifs is 2. The molecule has 1 aromatic carbocycles. The lowest BCUT2D eigenvalue weighted by molar-refractivity contribution is -0.127. The van der Waals surface area contributed by atoms with Crippen LogP contribution in [0.4, 0.5) is 0 Å². The third kappa shape index (κ3) is 5.04. The van der Waals surface area contributed by atoms with Gasteiger partial charge >= 0.3 is 0 Å². The lowest BCUT2D eigenvalue weighted by Crippen LogP contribution is -2.49. The van der Waals surface area contributed by atoms with Crippen LogP contribution in [0.5, 0.6) is 0 Å². The quantitative estimate of drug-likeness (QED) is 0.588. The lowest BCUT2D eigenvalue weighted by Gasteiger charge is -2.43. The van der Waals surface area contributed by atoms with Gasteiger partial charge in [0.15, 0.2) is 0 Å². The molecule has 2 unspecified atom stereocenters. The van der Waals surface area contributed by atoms with Gasteiger partial charge in [0.2, 0.25) is 5.91 Å². The van der Waals surface area contributed by atoms with Crippen LogP contribution in [-0.4, -0.2) is 24.2 Å². The van der Waals surface area contributed by atoms with Crippen LogP contribution >= 0.6 is 35.8 Å². The number of nitrogens with two attached hydrogens (primary N) is 1. The van der Waals surface area contributed by atoms with Crippen molar-refractivity contribution in [2.45, 2.75) is 43.0 Å². The van der Waals surface area contributed by atoms with Crippen molar-refractivity contribution in [3.05, 3.63) is 29.3 Å². The van der Waals surface area contributed by atoms with Gasteiger partial charge in [0, 0.05) is 34.2 Å². The summed E-state index contributed by atoms with van der Waals surface area (Å²) in [5, 5.41) is 3.86. The van der Waals surface area contributed by atoms with Gasteiger partial charge in [-0.25, -0.2) is 0 Å². The highest BCUT2D eigenvalue weighted by Crippen LogP contribution is 2.41. The van der Waals surface area contributed by atoms with Crippen molar-refractivity contribution in [3.63, 3.8) is 0 Å². The maximum absolute atomic E-state index is 12.4. The van der Waals surface area contributed by atoms with Crippen LogP contribution in [0.1, 0.15) is 32.1 Å². The maximum atomic E-state index is 12.4. The zero-order valence-electron chi connectivity index (χ0n) is 13.7. The molecule has 1 amide bonds. The number of thioether (sulfide) groups is 1. The fraction of sp³-hybridized carbons (Fsp3) is 0.611. The first-order chi connectivity index (χ1) is 11.1. The van der Waals surface area contributed by atoms with E-state index in [0.29, 0.717) is 24.4 Å². The molecule has 0 spiro atoms. The minimum atomic E-state index is 0. The lowest BCUT2D eigenvalue weighted by atomic mass is 9.65. The summed E-state index contributed by atoms with van der Waals surface area (Å²) in [4.78, 5) is 13.6. The van der Waals surface area contributed by atoms with E-state index in [9.17, 15) is 4.79 Å². The van der Waals surface area contributed by atoms with Crippen molar-refractivity contribution in [1.29, 1.82) is 0 Å². The number of halogens is 2. The van der Waals surface area contributed by atoms with Crippen molar-refractivity contribution < 1.29 is 4.79 Å². The topological polar surface area (TPSA) is 55.1 Å². The normalized spacial score (nSPS) is 28.8. The average Bonchev–Trinajstić information content (AvgIpc) is 2.53. The molecule has 2 atom stereocenters. The zero-order chi connectivity index (χ0) is 16.2. The maximum Gasteiger partial charge on any atom is 0.223 e. The van der Waals surface area contributed by atoms with E-state index in [1.807, 2.05) is 24.3 Å². The molecule has 1 aromatic rings. The number of rotatable bonds is 5. The first-order valence-corrected chi connectivity index (χ1v) is 9.91. The predicted octanol–water partition coefficient (Wildman–Crippen LogP) is 4.12. The summed E-state index contributed by atoms with van der Waals surface area (Å²) in [6.07, 6.45) is 5.65. The molecule has 3 N–H and O–H groups in total. The monoisotopic (exact) mass is 388 g/mol. The summed E-state index contributed by atoms with van der Waals surface area (Å²) in [6.45, 7) is 0.712. The summed E-state index contributed by atoms with van der Waals surface area (Å²) in [6, 6.07) is 8.14. The van der Waals surface area contributed by atoms with Crippen molar-refractivity contribution in [3.8, 4) is 0 Å². The van der Waals surface area contributed by atoms with Crippen LogP contribution in [0, 0.1) is 17.8 Å². The van der Waals surface area contributed by atoms with Gasteiger partial charge in [0.1, 0.15) is 0 Å². The van der Waals surface area contributed by atoms with Crippen LogP contribution in [0.2, 0.25) is 5.02 Å². The second-order valence-electron chi connectivity index (χ2n) is 6.79. The molecule has 24 heavy (non-hydrogen) atoms. The Labute approximate surface area is 159 Å². The van der Waals surface area contributed by atoms with E-state index in [4.69, 9.17) is 17.3 Å². The van der Waals surface area contributed by atoms with E-state index in [1.165, 1.54) is 24.2 Å². The summed E-state index contributed by atoms with van der Waals surface area (Å²) in [5.74, 6) is 2.39. The van der Waals surface area contributed by atoms with Crippen LogP contribution in [0.3, 0.4) is 0 Å². The third-order valence-electron chi connectivity index (χ3n) is 5.27. The van der Waals surface area contributed by atoms with E-state index in [0.717, 1.165) is 23.6 Å². The number of nitrogens with one attached hydrogen (secondary N) is 1. The van der Waals surface area contributed by atoms with Crippen LogP contribution in [0.15, 0.2) is 29.2 Å². The molecule has 6 heteroatoms. The largest absolute Gasteiger partial charge is 0.355 e. The Morgan fingerprint density at radius 1 is 1.21 bits per heavy atom. The molecule has 0 saturated heterocycles. The van der Waals surface area contributed by atoms with Crippen LogP contribution in [0.25, 0.3) is 0 Å². The Morgan fingerprint density at radius 3 is 2.46 bits per heavy atom. The molecule has 2 fully saturated rings. The highest BCUT2D eigenvalue weighted by atomic mass is 35.5. The van der Waals surface area contributed by atoms with E-state index in [1.54, 1.807) is 11.8 Å². The highest BCUT2D eigenvalue weighted by Gasteiger charge is 2.40. The fourth-order valence-corrected chi connectivity index (χ4v) is 4.92. The molecule has 2 aliphatic rings. The van der Waals surface area contributed by atoms with Gasteiger partial charge in [-0.3, -0.25) is 4.79 Å². The highest BCUT2D eigenvalue weighted by molar-refractivity contribution is 7.99. The van der Waals surface area contributed by atoms with Gasteiger partial charge in [-0.1, -0.05) is 18.0 Å². The van der Waals surface area contributed by atoms with E-state index in [2.05, 4.69) is 5.32 Å². The number of hydrogen-bond acceptors (Lipinski definition) is 3. The molecule has 0 radical (unpaired) electrons. The van der Waals surface area contributed by atoms with E-state index in [-0.39, 0.29) is 24.2 Å². The first kappa shape index (κ1) is 19.9. The van der Waals surface area contributed by atoms with Gasteiger partial charge in [-0.15, -0.1) is 24.2 Å². The molecule has 0 aliphatic heterocycles. The van der Waals surface area contributed by atoms with Crippen LogP contribution in [-0.2, 0) is 4.79 Å². The molecular formula is C18H26Cl2N2OS. The van der Waals surface area contributed by atoms with Crippen molar-refractivity contribution in [2.24, 2.45) is 23.5 Å². The minimum Gasteiger partial charge on any atom is -0.355 e. The Kier molecular flexibility index (Phi) is 7.73. The molecule has 0 aromatic heterocycles.